The van der Waals surface area contributed by atoms with Gasteiger partial charge in [-0.2, -0.15) is 0 Å². The average Bonchev–Trinajstić information content (AvgIpc) is 1.81. The highest BCUT2D eigenvalue weighted by molar-refractivity contribution is 14.1. The first-order valence-electron chi connectivity index (χ1n) is 4.77. The predicted molar refractivity (Wildman–Crippen MR) is 71.0 cm³/mol. The van der Waals surface area contributed by atoms with E-state index >= 15 is 0 Å². The molecule has 0 fully saturated rings. The van der Waals surface area contributed by atoms with Crippen molar-refractivity contribution in [2.75, 3.05) is 0 Å². The van der Waals surface area contributed by atoms with Gasteiger partial charge < -0.3 is 4.43 Å². The average molecular weight is 312 g/mol. The molecule has 0 aromatic heterocycles. The van der Waals surface area contributed by atoms with E-state index in [1.54, 1.807) is 0 Å². The highest BCUT2D eigenvalue weighted by atomic mass is 127. The largest absolute Gasteiger partial charge is 0.406 e. The number of hydrogen-bond acceptors (Lipinski definition) is 1. The van der Waals surface area contributed by atoms with Crippen LogP contribution in [0.15, 0.2) is 12.2 Å². The number of allylic oxidation sites excluding steroid dienone is 1. The van der Waals surface area contributed by atoms with Gasteiger partial charge in [0.15, 0.2) is 9.04 Å². The van der Waals surface area contributed by atoms with Gasteiger partial charge in [0.25, 0.3) is 0 Å². The molecule has 1 atom stereocenters. The van der Waals surface area contributed by atoms with Gasteiger partial charge in [0.2, 0.25) is 0 Å². The van der Waals surface area contributed by atoms with Crippen molar-refractivity contribution in [2.24, 2.45) is 5.41 Å². The van der Waals surface area contributed by atoms with Crippen LogP contribution < -0.4 is 0 Å². The summed E-state index contributed by atoms with van der Waals surface area (Å²) in [4.78, 5) is 0. The van der Waals surface area contributed by atoms with Crippen LogP contribution in [0.5, 0.6) is 0 Å². The van der Waals surface area contributed by atoms with E-state index in [1.165, 1.54) is 0 Å². The maximum Gasteiger partial charge on any atom is 0.172 e. The Hall–Kier alpha value is 0.647. The second-order valence-corrected chi connectivity index (χ2v) is 8.33. The van der Waals surface area contributed by atoms with Crippen molar-refractivity contribution in [1.82, 2.24) is 0 Å². The van der Waals surface area contributed by atoms with Gasteiger partial charge in [-0.1, -0.05) is 32.9 Å². The lowest BCUT2D eigenvalue weighted by atomic mass is 9.92. The molecule has 13 heavy (non-hydrogen) atoms. The zero-order valence-corrected chi connectivity index (χ0v) is 12.6. The fraction of sp³-hybridized carbons (Fsp3) is 0.800. The van der Waals surface area contributed by atoms with Crippen LogP contribution in [0.3, 0.4) is 0 Å². The van der Waals surface area contributed by atoms with Crippen LogP contribution in [0, 0.1) is 5.41 Å². The summed E-state index contributed by atoms with van der Waals surface area (Å²) in [5.41, 5.74) is 0.391. The zero-order chi connectivity index (χ0) is 10.5. The maximum atomic E-state index is 5.70. The molecule has 0 bridgehead atoms. The lowest BCUT2D eigenvalue weighted by Crippen LogP contribution is -2.13. The van der Waals surface area contributed by atoms with Crippen LogP contribution in [-0.4, -0.2) is 13.2 Å². The first kappa shape index (κ1) is 13.6. The maximum absolute atomic E-state index is 5.70. The molecular formula is C10H21IOSi. The van der Waals surface area contributed by atoms with Gasteiger partial charge in [-0.05, 0) is 47.5 Å². The van der Waals surface area contributed by atoms with Crippen molar-refractivity contribution in [3.8, 4) is 0 Å². The van der Waals surface area contributed by atoms with Crippen LogP contribution in [0.25, 0.3) is 0 Å². The van der Waals surface area contributed by atoms with Crippen molar-refractivity contribution < 1.29 is 4.43 Å². The fourth-order valence-corrected chi connectivity index (χ4v) is 3.50. The van der Waals surface area contributed by atoms with Gasteiger partial charge in [-0.3, -0.25) is 0 Å². The summed E-state index contributed by atoms with van der Waals surface area (Å²) in [6.45, 7) is 11.1. The summed E-state index contributed by atoms with van der Waals surface area (Å²) in [6, 6.07) is 0. The second kappa shape index (κ2) is 6.19. The minimum Gasteiger partial charge on any atom is -0.406 e. The van der Waals surface area contributed by atoms with Crippen molar-refractivity contribution in [1.29, 1.82) is 0 Å². The van der Waals surface area contributed by atoms with Gasteiger partial charge in [0.1, 0.15) is 4.11 Å². The van der Waals surface area contributed by atoms with Crippen molar-refractivity contribution in [3.05, 3.63) is 12.2 Å². The van der Waals surface area contributed by atoms with Gasteiger partial charge >= 0.3 is 0 Å². The molecule has 78 valence electrons. The number of alkyl halides is 1. The van der Waals surface area contributed by atoms with E-state index in [9.17, 15) is 0 Å². The van der Waals surface area contributed by atoms with E-state index in [4.69, 9.17) is 4.43 Å². The molecule has 0 saturated carbocycles. The van der Waals surface area contributed by atoms with Crippen LogP contribution in [-0.2, 0) is 4.43 Å². The fourth-order valence-electron chi connectivity index (χ4n) is 0.834. The monoisotopic (exact) mass is 312 g/mol. The third-order valence-electron chi connectivity index (χ3n) is 1.42. The molecular weight excluding hydrogens is 291 g/mol. The van der Waals surface area contributed by atoms with Crippen molar-refractivity contribution in [2.45, 2.75) is 44.4 Å². The van der Waals surface area contributed by atoms with E-state index in [1.807, 2.05) is 0 Å². The molecule has 0 saturated heterocycles. The molecule has 0 aromatic carbocycles. The summed E-state index contributed by atoms with van der Waals surface area (Å²) in [7, 11) is -0.872. The Labute approximate surface area is 97.8 Å². The van der Waals surface area contributed by atoms with Crippen LogP contribution in [0.4, 0.5) is 0 Å². The molecule has 1 unspecified atom stereocenters. The Balaban J connectivity index is 3.72. The van der Waals surface area contributed by atoms with Crippen LogP contribution in [0.2, 0.25) is 13.1 Å². The Kier molecular flexibility index (Phi) is 6.50. The van der Waals surface area contributed by atoms with E-state index in [-0.39, 0.29) is 4.11 Å². The standard InChI is InChI=1S/C10H21IOSi/c1-10(2,3)8-6-7-9(11)12-13(4)5/h6-7,9,13H,8H2,1-5H3. The molecule has 0 amide bonds. The molecule has 0 aromatic rings. The van der Waals surface area contributed by atoms with E-state index in [0.717, 1.165) is 6.42 Å². The molecule has 0 N–H and O–H groups in total. The minimum atomic E-state index is -0.872. The van der Waals surface area contributed by atoms with Crippen LogP contribution in [0.1, 0.15) is 27.2 Å². The molecule has 3 heteroatoms. The molecule has 1 nitrogen and oxygen atoms in total. The Bertz CT molecular complexity index is 161. The summed E-state index contributed by atoms with van der Waals surface area (Å²) in [6.07, 6.45) is 5.52. The molecule has 0 aliphatic rings. The minimum absolute atomic E-state index is 0.270. The Morgan fingerprint density at radius 2 is 1.92 bits per heavy atom. The number of rotatable bonds is 4. The van der Waals surface area contributed by atoms with Gasteiger partial charge in [-0.15, -0.1) is 0 Å². The quantitative estimate of drug-likeness (QED) is 0.332. The summed E-state index contributed by atoms with van der Waals surface area (Å²) < 4.78 is 5.97. The Morgan fingerprint density at radius 3 is 2.31 bits per heavy atom. The van der Waals surface area contributed by atoms with Crippen molar-refractivity contribution >= 4 is 31.6 Å². The van der Waals surface area contributed by atoms with E-state index < -0.39 is 9.04 Å². The molecule has 0 spiro atoms. The van der Waals surface area contributed by atoms with Gasteiger partial charge in [0, 0.05) is 0 Å². The lowest BCUT2D eigenvalue weighted by Gasteiger charge is -2.15. The highest BCUT2D eigenvalue weighted by Gasteiger charge is 2.07. The first-order valence-corrected chi connectivity index (χ1v) is 8.80. The SMILES string of the molecule is C[SiH](C)OC(I)C=CCC(C)(C)C. The topological polar surface area (TPSA) is 9.23 Å². The van der Waals surface area contributed by atoms with Gasteiger partial charge in [0.05, 0.1) is 0 Å². The normalized spacial score (nSPS) is 15.6. The van der Waals surface area contributed by atoms with Gasteiger partial charge in [-0.25, -0.2) is 0 Å². The zero-order valence-electron chi connectivity index (χ0n) is 9.30. The molecule has 0 rings (SSSR count). The number of hydrogen-bond donors (Lipinski definition) is 0. The summed E-state index contributed by atoms with van der Waals surface area (Å²) in [5.74, 6) is 0. The number of halogens is 1. The summed E-state index contributed by atoms with van der Waals surface area (Å²) in [5, 5.41) is 0. The molecule has 0 aliphatic heterocycles. The summed E-state index contributed by atoms with van der Waals surface area (Å²) >= 11 is 2.33. The van der Waals surface area contributed by atoms with E-state index in [0.29, 0.717) is 5.41 Å². The molecule has 0 radical (unpaired) electrons. The molecule has 0 heterocycles. The predicted octanol–water partition coefficient (Wildman–Crippen LogP) is 3.74. The first-order chi connectivity index (χ1) is 5.81. The Morgan fingerprint density at radius 1 is 1.38 bits per heavy atom. The van der Waals surface area contributed by atoms with Crippen molar-refractivity contribution in [3.63, 3.8) is 0 Å². The third-order valence-corrected chi connectivity index (χ3v) is 3.52. The molecule has 0 aliphatic carbocycles. The van der Waals surface area contributed by atoms with Crippen LogP contribution >= 0.6 is 22.6 Å². The highest BCUT2D eigenvalue weighted by Crippen LogP contribution is 2.19. The smallest absolute Gasteiger partial charge is 0.172 e. The third kappa shape index (κ3) is 10.6. The second-order valence-electron chi connectivity index (χ2n) is 4.73. The lowest BCUT2D eigenvalue weighted by molar-refractivity contribution is 0.354. The van der Waals surface area contributed by atoms with E-state index in [2.05, 4.69) is 68.6 Å².